The maximum absolute atomic E-state index is 11.7. The van der Waals surface area contributed by atoms with Crippen LogP contribution in [0.3, 0.4) is 0 Å². The van der Waals surface area contributed by atoms with Crippen molar-refractivity contribution in [3.8, 4) is 0 Å². The molecule has 24 heavy (non-hydrogen) atoms. The molecule has 0 unspecified atom stereocenters. The minimum Gasteiger partial charge on any atom is -0.272 e. The average molecular weight is 361 g/mol. The van der Waals surface area contributed by atoms with E-state index in [2.05, 4.69) is 10.9 Å². The van der Waals surface area contributed by atoms with Gasteiger partial charge in [0.15, 0.2) is 0 Å². The average Bonchev–Trinajstić information content (AvgIpc) is 2.58. The minimum atomic E-state index is -0.427. The first-order valence-corrected chi connectivity index (χ1v) is 8.62. The summed E-state index contributed by atoms with van der Waals surface area (Å²) >= 11 is 7.39. The van der Waals surface area contributed by atoms with Crippen LogP contribution in [0.15, 0.2) is 59.5 Å². The van der Waals surface area contributed by atoms with Gasteiger partial charge in [0.05, 0.1) is 5.75 Å². The van der Waals surface area contributed by atoms with Crippen LogP contribution in [0.1, 0.15) is 11.1 Å². The zero-order valence-corrected chi connectivity index (χ0v) is 14.7. The lowest BCUT2D eigenvalue weighted by atomic mass is 10.2. The van der Waals surface area contributed by atoms with Crippen LogP contribution in [-0.4, -0.2) is 17.6 Å². The summed E-state index contributed by atoms with van der Waals surface area (Å²) in [6.45, 7) is 2.01. The van der Waals surface area contributed by atoms with Crippen LogP contribution >= 0.6 is 23.4 Å². The molecule has 0 aliphatic rings. The van der Waals surface area contributed by atoms with E-state index in [1.165, 1.54) is 23.4 Å². The number of hydrogen-bond acceptors (Lipinski definition) is 3. The molecule has 124 valence electrons. The molecular weight excluding hydrogens is 344 g/mol. The molecule has 0 heterocycles. The van der Waals surface area contributed by atoms with E-state index < -0.39 is 5.91 Å². The number of carbonyl (C=O) groups excluding carboxylic acids is 2. The number of thioether (sulfide) groups is 1. The standard InChI is InChI=1S/C18H17ClN2O2S/c1-13-6-9-15(10-7-13)24-12-18(23)21-20-17(22)11-8-14-4-2-3-5-16(14)19/h2-11H,12H2,1H3,(H,20,22)(H,21,23)/b11-8+. The van der Waals surface area contributed by atoms with Gasteiger partial charge in [-0.05, 0) is 36.8 Å². The third-order valence-electron chi connectivity index (χ3n) is 3.04. The molecule has 0 spiro atoms. The molecule has 0 aromatic heterocycles. The highest BCUT2D eigenvalue weighted by molar-refractivity contribution is 8.00. The molecule has 0 atom stereocenters. The van der Waals surface area contributed by atoms with E-state index in [0.29, 0.717) is 5.02 Å². The van der Waals surface area contributed by atoms with Gasteiger partial charge in [-0.15, -0.1) is 11.8 Å². The first-order chi connectivity index (χ1) is 11.5. The summed E-state index contributed by atoms with van der Waals surface area (Å²) < 4.78 is 0. The van der Waals surface area contributed by atoms with Crippen molar-refractivity contribution in [3.05, 3.63) is 70.8 Å². The summed E-state index contributed by atoms with van der Waals surface area (Å²) in [6, 6.07) is 15.1. The van der Waals surface area contributed by atoms with Gasteiger partial charge in [0.25, 0.3) is 5.91 Å². The molecule has 2 aromatic rings. The van der Waals surface area contributed by atoms with Crippen molar-refractivity contribution in [2.45, 2.75) is 11.8 Å². The van der Waals surface area contributed by atoms with E-state index in [-0.39, 0.29) is 11.7 Å². The van der Waals surface area contributed by atoms with Crippen molar-refractivity contribution in [3.63, 3.8) is 0 Å². The summed E-state index contributed by atoms with van der Waals surface area (Å²) in [5.41, 5.74) is 6.61. The van der Waals surface area contributed by atoms with Gasteiger partial charge in [-0.3, -0.25) is 20.4 Å². The predicted molar refractivity (Wildman–Crippen MR) is 98.7 cm³/mol. The summed E-state index contributed by atoms with van der Waals surface area (Å²) in [6.07, 6.45) is 2.90. The quantitative estimate of drug-likeness (QED) is 0.486. The fourth-order valence-corrected chi connectivity index (χ4v) is 2.67. The van der Waals surface area contributed by atoms with Gasteiger partial charge in [-0.1, -0.05) is 47.5 Å². The largest absolute Gasteiger partial charge is 0.272 e. The zero-order chi connectivity index (χ0) is 17.4. The summed E-state index contributed by atoms with van der Waals surface area (Å²) in [5, 5.41) is 0.556. The Hall–Kier alpha value is -2.24. The van der Waals surface area contributed by atoms with Crippen molar-refractivity contribution >= 4 is 41.3 Å². The fraction of sp³-hybridized carbons (Fsp3) is 0.111. The minimum absolute atomic E-state index is 0.220. The third kappa shape index (κ3) is 6.10. The Morgan fingerprint density at radius 1 is 1.08 bits per heavy atom. The van der Waals surface area contributed by atoms with E-state index in [1.54, 1.807) is 18.2 Å². The van der Waals surface area contributed by atoms with E-state index in [0.717, 1.165) is 10.5 Å². The third-order valence-corrected chi connectivity index (χ3v) is 4.39. The summed E-state index contributed by atoms with van der Waals surface area (Å²) in [5.74, 6) is -0.485. The Balaban J connectivity index is 1.74. The molecule has 0 saturated carbocycles. The second-order valence-electron chi connectivity index (χ2n) is 4.99. The number of aryl methyl sites for hydroxylation is 1. The molecule has 0 bridgehead atoms. The number of hydrazine groups is 1. The lowest BCUT2D eigenvalue weighted by Crippen LogP contribution is -2.41. The number of carbonyl (C=O) groups is 2. The highest BCUT2D eigenvalue weighted by atomic mass is 35.5. The van der Waals surface area contributed by atoms with Crippen LogP contribution in [0.5, 0.6) is 0 Å². The van der Waals surface area contributed by atoms with E-state index in [9.17, 15) is 9.59 Å². The number of rotatable bonds is 5. The van der Waals surface area contributed by atoms with Crippen LogP contribution in [0.25, 0.3) is 6.08 Å². The Kier molecular flexibility index (Phi) is 6.90. The molecule has 2 rings (SSSR count). The Morgan fingerprint density at radius 2 is 1.79 bits per heavy atom. The Bertz CT molecular complexity index is 745. The maximum Gasteiger partial charge on any atom is 0.262 e. The van der Waals surface area contributed by atoms with Gasteiger partial charge in [0, 0.05) is 16.0 Å². The normalized spacial score (nSPS) is 10.6. The smallest absolute Gasteiger partial charge is 0.262 e. The number of amides is 2. The number of benzene rings is 2. The first-order valence-electron chi connectivity index (χ1n) is 7.25. The van der Waals surface area contributed by atoms with Crippen molar-refractivity contribution in [2.75, 3.05) is 5.75 Å². The lowest BCUT2D eigenvalue weighted by Gasteiger charge is -2.05. The molecule has 2 amide bonds. The molecule has 4 nitrogen and oxygen atoms in total. The van der Waals surface area contributed by atoms with Gasteiger partial charge in [-0.2, -0.15) is 0 Å². The van der Waals surface area contributed by atoms with Crippen molar-refractivity contribution < 1.29 is 9.59 Å². The first kappa shape index (κ1) is 18.1. The molecule has 0 radical (unpaired) electrons. The lowest BCUT2D eigenvalue weighted by molar-refractivity contribution is -0.125. The van der Waals surface area contributed by atoms with Gasteiger partial charge in [0.2, 0.25) is 5.91 Å². The highest BCUT2D eigenvalue weighted by Gasteiger charge is 2.04. The molecule has 2 aromatic carbocycles. The predicted octanol–water partition coefficient (Wildman–Crippen LogP) is 3.60. The SMILES string of the molecule is Cc1ccc(SCC(=O)NNC(=O)/C=C/c2ccccc2Cl)cc1. The van der Waals surface area contributed by atoms with Gasteiger partial charge in [0.1, 0.15) is 0 Å². The molecule has 0 fully saturated rings. The molecule has 0 saturated heterocycles. The van der Waals surface area contributed by atoms with Crippen LogP contribution in [0.4, 0.5) is 0 Å². The Morgan fingerprint density at radius 3 is 2.50 bits per heavy atom. The topological polar surface area (TPSA) is 58.2 Å². The zero-order valence-electron chi connectivity index (χ0n) is 13.1. The van der Waals surface area contributed by atoms with Crippen LogP contribution in [0, 0.1) is 6.92 Å². The van der Waals surface area contributed by atoms with E-state index >= 15 is 0 Å². The maximum atomic E-state index is 11.7. The number of halogens is 1. The second kappa shape index (κ2) is 9.15. The molecule has 2 N–H and O–H groups in total. The second-order valence-corrected chi connectivity index (χ2v) is 6.45. The molecule has 0 aliphatic carbocycles. The van der Waals surface area contributed by atoms with E-state index in [1.807, 2.05) is 43.3 Å². The monoisotopic (exact) mass is 360 g/mol. The van der Waals surface area contributed by atoms with Gasteiger partial charge < -0.3 is 0 Å². The number of nitrogens with one attached hydrogen (secondary N) is 2. The Labute approximate surface area is 150 Å². The molecular formula is C18H17ClN2O2S. The van der Waals surface area contributed by atoms with Crippen molar-refractivity contribution in [1.29, 1.82) is 0 Å². The van der Waals surface area contributed by atoms with Crippen molar-refractivity contribution in [2.24, 2.45) is 0 Å². The van der Waals surface area contributed by atoms with Gasteiger partial charge >= 0.3 is 0 Å². The van der Waals surface area contributed by atoms with Crippen LogP contribution in [0.2, 0.25) is 5.02 Å². The molecule has 0 aliphatic heterocycles. The van der Waals surface area contributed by atoms with Gasteiger partial charge in [-0.25, -0.2) is 0 Å². The fourth-order valence-electron chi connectivity index (χ4n) is 1.77. The highest BCUT2D eigenvalue weighted by Crippen LogP contribution is 2.17. The summed E-state index contributed by atoms with van der Waals surface area (Å²) in [4.78, 5) is 24.4. The van der Waals surface area contributed by atoms with Crippen molar-refractivity contribution in [1.82, 2.24) is 10.9 Å². The number of hydrogen-bond donors (Lipinski definition) is 2. The van der Waals surface area contributed by atoms with Crippen LogP contribution in [-0.2, 0) is 9.59 Å². The van der Waals surface area contributed by atoms with Crippen LogP contribution < -0.4 is 10.9 Å². The molecule has 6 heteroatoms. The summed E-state index contributed by atoms with van der Waals surface area (Å²) in [7, 11) is 0. The van der Waals surface area contributed by atoms with E-state index in [4.69, 9.17) is 11.6 Å².